The Balaban J connectivity index is 1.82. The number of rotatable bonds is 4. The van der Waals surface area contributed by atoms with Crippen LogP contribution in [0.3, 0.4) is 0 Å². The summed E-state index contributed by atoms with van der Waals surface area (Å²) in [5, 5.41) is 0. The largest absolute Gasteiger partial charge is 0.493 e. The molecule has 2 fully saturated rings. The number of ether oxygens (including phenoxy) is 2. The van der Waals surface area contributed by atoms with Crippen LogP contribution in [0.1, 0.15) is 36.8 Å². The number of piperidine rings is 1. The molecule has 2 N–H and O–H groups in total. The van der Waals surface area contributed by atoms with Gasteiger partial charge in [0.15, 0.2) is 11.5 Å². The third-order valence-electron chi connectivity index (χ3n) is 5.12. The molecule has 0 radical (unpaired) electrons. The van der Waals surface area contributed by atoms with Crippen molar-refractivity contribution in [2.75, 3.05) is 14.2 Å². The summed E-state index contributed by atoms with van der Waals surface area (Å²) in [6, 6.07) is 5.91. The molecule has 0 aliphatic carbocycles. The first-order valence-corrected chi connectivity index (χ1v) is 7.85. The third kappa shape index (κ3) is 2.74. The topological polar surface area (TPSA) is 47.7 Å². The quantitative estimate of drug-likeness (QED) is 0.925. The lowest BCUT2D eigenvalue weighted by Crippen LogP contribution is -2.46. The first kappa shape index (κ1) is 14.7. The Morgan fingerprint density at radius 2 is 1.67 bits per heavy atom. The van der Waals surface area contributed by atoms with E-state index in [0.29, 0.717) is 18.1 Å². The summed E-state index contributed by atoms with van der Waals surface area (Å²) >= 11 is 0. The first-order chi connectivity index (χ1) is 10.1. The van der Waals surface area contributed by atoms with Gasteiger partial charge in [0.2, 0.25) is 0 Å². The van der Waals surface area contributed by atoms with E-state index in [1.807, 2.05) is 0 Å². The highest BCUT2D eigenvalue weighted by molar-refractivity contribution is 5.47. The van der Waals surface area contributed by atoms with E-state index in [9.17, 15) is 0 Å². The van der Waals surface area contributed by atoms with Crippen LogP contribution in [-0.4, -0.2) is 37.2 Å². The lowest BCUT2D eigenvalue weighted by atomic mass is 9.96. The van der Waals surface area contributed by atoms with Crippen LogP contribution in [0.4, 0.5) is 0 Å². The maximum Gasteiger partial charge on any atom is 0.161 e. The van der Waals surface area contributed by atoms with Crippen LogP contribution in [0.2, 0.25) is 0 Å². The maximum absolute atomic E-state index is 6.16. The average Bonchev–Trinajstić information content (AvgIpc) is 2.70. The van der Waals surface area contributed by atoms with E-state index in [4.69, 9.17) is 15.2 Å². The van der Waals surface area contributed by atoms with Crippen molar-refractivity contribution >= 4 is 0 Å². The Kier molecular flexibility index (Phi) is 4.09. The fraction of sp³-hybridized carbons (Fsp3) is 0.647. The number of hydrogen-bond acceptors (Lipinski definition) is 4. The molecule has 3 rings (SSSR count). The molecule has 2 heterocycles. The van der Waals surface area contributed by atoms with Gasteiger partial charge in [-0.3, -0.25) is 4.90 Å². The monoisotopic (exact) mass is 290 g/mol. The predicted octanol–water partition coefficient (Wildman–Crippen LogP) is 2.47. The highest BCUT2D eigenvalue weighted by Crippen LogP contribution is 2.38. The SMILES string of the molecule is COc1cc(C)c(CN2C3CCC2CC(N)C3)cc1OC. The summed E-state index contributed by atoms with van der Waals surface area (Å²) in [4.78, 5) is 2.65. The molecule has 0 aromatic heterocycles. The standard InChI is InChI=1S/C17H26N2O2/c1-11-6-16(20-2)17(21-3)7-12(11)10-19-14-4-5-15(19)9-13(18)8-14/h6-7,13-15H,4-5,8-10,18H2,1-3H3. The van der Waals surface area contributed by atoms with Crippen molar-refractivity contribution in [2.24, 2.45) is 5.73 Å². The predicted molar refractivity (Wildman–Crippen MR) is 83.8 cm³/mol. The van der Waals surface area contributed by atoms with Crippen molar-refractivity contribution in [1.29, 1.82) is 0 Å². The molecule has 2 bridgehead atoms. The second-order valence-electron chi connectivity index (χ2n) is 6.42. The molecule has 0 amide bonds. The number of hydrogen-bond donors (Lipinski definition) is 1. The molecule has 2 aliphatic rings. The van der Waals surface area contributed by atoms with Crippen LogP contribution in [-0.2, 0) is 6.54 Å². The van der Waals surface area contributed by atoms with Crippen LogP contribution >= 0.6 is 0 Å². The minimum atomic E-state index is 0.394. The number of aryl methyl sites for hydroxylation is 1. The Morgan fingerprint density at radius 1 is 1.10 bits per heavy atom. The van der Waals surface area contributed by atoms with Gasteiger partial charge in [-0.25, -0.2) is 0 Å². The lowest BCUT2D eigenvalue weighted by Gasteiger charge is -2.38. The molecular weight excluding hydrogens is 264 g/mol. The normalized spacial score (nSPS) is 28.7. The smallest absolute Gasteiger partial charge is 0.161 e. The lowest BCUT2D eigenvalue weighted by molar-refractivity contribution is 0.119. The van der Waals surface area contributed by atoms with E-state index in [1.165, 1.54) is 24.0 Å². The van der Waals surface area contributed by atoms with Gasteiger partial charge in [0, 0.05) is 24.7 Å². The second kappa shape index (κ2) is 5.85. The minimum absolute atomic E-state index is 0.394. The first-order valence-electron chi connectivity index (χ1n) is 7.85. The maximum atomic E-state index is 6.16. The second-order valence-corrected chi connectivity index (χ2v) is 6.42. The zero-order chi connectivity index (χ0) is 15.0. The molecule has 2 saturated heterocycles. The highest BCUT2D eigenvalue weighted by atomic mass is 16.5. The summed E-state index contributed by atoms with van der Waals surface area (Å²) in [5.74, 6) is 1.63. The van der Waals surface area contributed by atoms with Gasteiger partial charge in [-0.2, -0.15) is 0 Å². The van der Waals surface area contributed by atoms with Crippen molar-refractivity contribution in [1.82, 2.24) is 4.90 Å². The summed E-state index contributed by atoms with van der Waals surface area (Å²) in [6.07, 6.45) is 4.88. The number of benzene rings is 1. The fourth-order valence-electron chi connectivity index (χ4n) is 3.96. The van der Waals surface area contributed by atoms with Gasteiger partial charge in [-0.15, -0.1) is 0 Å². The van der Waals surface area contributed by atoms with E-state index in [0.717, 1.165) is 30.9 Å². The summed E-state index contributed by atoms with van der Waals surface area (Å²) in [6.45, 7) is 3.14. The van der Waals surface area contributed by atoms with Crippen LogP contribution in [0.15, 0.2) is 12.1 Å². The zero-order valence-electron chi connectivity index (χ0n) is 13.3. The molecule has 4 nitrogen and oxygen atoms in total. The number of fused-ring (bicyclic) bond motifs is 2. The molecule has 1 aromatic rings. The fourth-order valence-corrected chi connectivity index (χ4v) is 3.96. The van der Waals surface area contributed by atoms with Crippen LogP contribution in [0.5, 0.6) is 11.5 Å². The zero-order valence-corrected chi connectivity index (χ0v) is 13.3. The highest BCUT2D eigenvalue weighted by Gasteiger charge is 2.39. The number of nitrogens with zero attached hydrogens (tertiary/aromatic N) is 1. The van der Waals surface area contributed by atoms with Crippen LogP contribution in [0, 0.1) is 6.92 Å². The molecule has 0 saturated carbocycles. The molecule has 2 atom stereocenters. The van der Waals surface area contributed by atoms with E-state index in [1.54, 1.807) is 14.2 Å². The Hall–Kier alpha value is -1.26. The van der Waals surface area contributed by atoms with Gasteiger partial charge >= 0.3 is 0 Å². The van der Waals surface area contributed by atoms with Gasteiger partial charge in [-0.1, -0.05) is 0 Å². The van der Waals surface area contributed by atoms with Gasteiger partial charge in [-0.05, 0) is 55.9 Å². The van der Waals surface area contributed by atoms with Crippen molar-refractivity contribution in [3.63, 3.8) is 0 Å². The molecule has 116 valence electrons. The van der Waals surface area contributed by atoms with Gasteiger partial charge in [0.1, 0.15) is 0 Å². The molecule has 21 heavy (non-hydrogen) atoms. The molecular formula is C17H26N2O2. The van der Waals surface area contributed by atoms with E-state index in [2.05, 4.69) is 24.0 Å². The van der Waals surface area contributed by atoms with Gasteiger partial charge in [0.05, 0.1) is 14.2 Å². The van der Waals surface area contributed by atoms with Crippen molar-refractivity contribution in [3.05, 3.63) is 23.3 Å². The van der Waals surface area contributed by atoms with Gasteiger partial charge < -0.3 is 15.2 Å². The number of methoxy groups -OCH3 is 2. The molecule has 4 heteroatoms. The van der Waals surface area contributed by atoms with E-state index in [-0.39, 0.29) is 0 Å². The summed E-state index contributed by atoms with van der Waals surface area (Å²) in [5.41, 5.74) is 8.76. The van der Waals surface area contributed by atoms with Crippen LogP contribution < -0.4 is 15.2 Å². The van der Waals surface area contributed by atoms with E-state index >= 15 is 0 Å². The van der Waals surface area contributed by atoms with E-state index < -0.39 is 0 Å². The molecule has 0 spiro atoms. The molecule has 2 unspecified atom stereocenters. The summed E-state index contributed by atoms with van der Waals surface area (Å²) < 4.78 is 10.8. The van der Waals surface area contributed by atoms with Crippen molar-refractivity contribution in [2.45, 2.75) is 57.3 Å². The Bertz CT molecular complexity index is 504. The summed E-state index contributed by atoms with van der Waals surface area (Å²) in [7, 11) is 3.38. The molecule has 1 aromatic carbocycles. The molecule has 2 aliphatic heterocycles. The third-order valence-corrected chi connectivity index (χ3v) is 5.12. The van der Waals surface area contributed by atoms with Crippen molar-refractivity contribution in [3.8, 4) is 11.5 Å². The minimum Gasteiger partial charge on any atom is -0.493 e. The Morgan fingerprint density at radius 3 is 2.24 bits per heavy atom. The van der Waals surface area contributed by atoms with Crippen LogP contribution in [0.25, 0.3) is 0 Å². The average molecular weight is 290 g/mol. The number of nitrogens with two attached hydrogens (primary N) is 1. The van der Waals surface area contributed by atoms with Crippen molar-refractivity contribution < 1.29 is 9.47 Å². The Labute approximate surface area is 127 Å². The van der Waals surface area contributed by atoms with Gasteiger partial charge in [0.25, 0.3) is 0 Å².